The highest BCUT2D eigenvalue weighted by molar-refractivity contribution is 5.75. The zero-order valence-corrected chi connectivity index (χ0v) is 14.9. The van der Waals surface area contributed by atoms with Gasteiger partial charge in [0.05, 0.1) is 12.6 Å². The summed E-state index contributed by atoms with van der Waals surface area (Å²) in [5, 5.41) is 3.12. The molecule has 1 fully saturated rings. The van der Waals surface area contributed by atoms with Crippen LogP contribution in [0.2, 0.25) is 0 Å². The second-order valence-electron chi connectivity index (χ2n) is 6.55. The van der Waals surface area contributed by atoms with Crippen LogP contribution in [0.15, 0.2) is 42.7 Å². The molecule has 25 heavy (non-hydrogen) atoms. The second-order valence-corrected chi connectivity index (χ2v) is 6.55. The fraction of sp³-hybridized carbons (Fsp3) is 0.474. The molecule has 1 saturated heterocycles. The number of amides is 2. The van der Waals surface area contributed by atoms with E-state index < -0.39 is 0 Å². The van der Waals surface area contributed by atoms with E-state index in [1.54, 1.807) is 7.11 Å². The van der Waals surface area contributed by atoms with Crippen LogP contribution in [-0.4, -0.2) is 47.3 Å². The van der Waals surface area contributed by atoms with Crippen LogP contribution in [0.25, 0.3) is 0 Å². The minimum atomic E-state index is -0.146. The quantitative estimate of drug-likeness (QED) is 0.909. The lowest BCUT2D eigenvalue weighted by molar-refractivity contribution is 0.147. The third-order valence-electron chi connectivity index (χ3n) is 4.77. The molecule has 134 valence electrons. The zero-order valence-electron chi connectivity index (χ0n) is 14.9. The summed E-state index contributed by atoms with van der Waals surface area (Å²) in [6.45, 7) is 1.93. The number of hydrogen-bond acceptors (Lipinski definition) is 3. The Balaban J connectivity index is 1.66. The van der Waals surface area contributed by atoms with Gasteiger partial charge in [0.25, 0.3) is 0 Å². The molecule has 1 aliphatic heterocycles. The summed E-state index contributed by atoms with van der Waals surface area (Å²) >= 11 is 0. The molecule has 0 bridgehead atoms. The first-order valence-electron chi connectivity index (χ1n) is 8.75. The highest BCUT2D eigenvalue weighted by atomic mass is 16.5. The highest BCUT2D eigenvalue weighted by Gasteiger charge is 2.28. The number of piperidine rings is 1. The summed E-state index contributed by atoms with van der Waals surface area (Å²) in [7, 11) is 3.66. The average Bonchev–Trinajstić information content (AvgIpc) is 3.08. The maximum atomic E-state index is 12.8. The van der Waals surface area contributed by atoms with Gasteiger partial charge in [-0.2, -0.15) is 0 Å². The van der Waals surface area contributed by atoms with E-state index in [1.807, 2.05) is 59.2 Å². The molecule has 0 saturated carbocycles. The van der Waals surface area contributed by atoms with E-state index in [0.717, 1.165) is 30.8 Å². The number of urea groups is 1. The maximum absolute atomic E-state index is 12.8. The largest absolute Gasteiger partial charge is 0.382 e. The lowest BCUT2D eigenvalue weighted by Gasteiger charge is -2.33. The SMILES string of the molecule is COC[C@H](NC(=O)N1CCC[C@@H](c2nccn2C)C1)c1ccccc1. The Labute approximate surface area is 148 Å². The molecule has 1 aromatic carbocycles. The molecule has 6 nitrogen and oxygen atoms in total. The van der Waals surface area contributed by atoms with Gasteiger partial charge in [-0.3, -0.25) is 0 Å². The molecule has 0 unspecified atom stereocenters. The van der Waals surface area contributed by atoms with Gasteiger partial charge in [-0.25, -0.2) is 9.78 Å². The van der Waals surface area contributed by atoms with Crippen molar-refractivity contribution in [2.75, 3.05) is 26.8 Å². The lowest BCUT2D eigenvalue weighted by Crippen LogP contribution is -2.47. The number of nitrogens with zero attached hydrogens (tertiary/aromatic N) is 3. The lowest BCUT2D eigenvalue weighted by atomic mass is 9.97. The number of benzene rings is 1. The predicted octanol–water partition coefficient (Wildman–Crippen LogP) is 2.70. The van der Waals surface area contributed by atoms with Gasteiger partial charge in [-0.05, 0) is 18.4 Å². The summed E-state index contributed by atoms with van der Waals surface area (Å²) in [5.74, 6) is 1.34. The number of imidazole rings is 1. The maximum Gasteiger partial charge on any atom is 0.317 e. The molecule has 2 amide bonds. The summed E-state index contributed by atoms with van der Waals surface area (Å²) in [6.07, 6.45) is 5.83. The van der Waals surface area contributed by atoms with Crippen LogP contribution in [0.1, 0.15) is 36.2 Å². The van der Waals surface area contributed by atoms with Crippen molar-refractivity contribution in [2.45, 2.75) is 24.8 Å². The minimum absolute atomic E-state index is 0.0372. The van der Waals surface area contributed by atoms with Crippen LogP contribution in [0.3, 0.4) is 0 Å². The Kier molecular flexibility index (Phi) is 5.71. The Bertz CT molecular complexity index is 686. The van der Waals surface area contributed by atoms with Crippen LogP contribution >= 0.6 is 0 Å². The second kappa shape index (κ2) is 8.16. The smallest absolute Gasteiger partial charge is 0.317 e. The van der Waals surface area contributed by atoms with Gasteiger partial charge in [0.1, 0.15) is 5.82 Å². The standard InChI is InChI=1S/C19H26N4O2/c1-22-12-10-20-18(22)16-9-6-11-23(13-16)19(24)21-17(14-25-2)15-7-4-3-5-8-15/h3-5,7-8,10,12,16-17H,6,9,11,13-14H2,1-2H3,(H,21,24)/t16-,17+/m1/s1. The Hall–Kier alpha value is -2.34. The summed E-state index contributed by atoms with van der Waals surface area (Å²) in [6, 6.07) is 9.76. The van der Waals surface area contributed by atoms with Crippen molar-refractivity contribution >= 4 is 6.03 Å². The summed E-state index contributed by atoms with van der Waals surface area (Å²) in [5.41, 5.74) is 1.05. The topological polar surface area (TPSA) is 59.4 Å². The van der Waals surface area contributed by atoms with Crippen molar-refractivity contribution in [2.24, 2.45) is 7.05 Å². The van der Waals surface area contributed by atoms with Crippen molar-refractivity contribution in [1.29, 1.82) is 0 Å². The number of hydrogen-bond donors (Lipinski definition) is 1. The van der Waals surface area contributed by atoms with E-state index in [1.165, 1.54) is 0 Å². The number of aryl methyl sites for hydroxylation is 1. The van der Waals surface area contributed by atoms with Gasteiger partial charge in [0.2, 0.25) is 0 Å². The molecule has 0 spiro atoms. The molecule has 1 aromatic heterocycles. The van der Waals surface area contributed by atoms with E-state index in [4.69, 9.17) is 4.74 Å². The molecular formula is C19H26N4O2. The normalized spacial score (nSPS) is 18.8. The predicted molar refractivity (Wildman–Crippen MR) is 96.3 cm³/mol. The molecule has 1 aliphatic rings. The molecule has 2 atom stereocenters. The van der Waals surface area contributed by atoms with E-state index in [2.05, 4.69) is 10.3 Å². The monoisotopic (exact) mass is 342 g/mol. The average molecular weight is 342 g/mol. The van der Waals surface area contributed by atoms with E-state index in [-0.39, 0.29) is 18.0 Å². The third-order valence-corrected chi connectivity index (χ3v) is 4.77. The van der Waals surface area contributed by atoms with Crippen molar-refractivity contribution in [3.05, 3.63) is 54.1 Å². The molecule has 0 aliphatic carbocycles. The Morgan fingerprint density at radius 2 is 2.20 bits per heavy atom. The van der Waals surface area contributed by atoms with Crippen molar-refractivity contribution in [1.82, 2.24) is 19.8 Å². The van der Waals surface area contributed by atoms with Gasteiger partial charge in [0.15, 0.2) is 0 Å². The first-order valence-corrected chi connectivity index (χ1v) is 8.75. The first-order chi connectivity index (χ1) is 12.2. The van der Waals surface area contributed by atoms with Crippen molar-refractivity contribution in [3.8, 4) is 0 Å². The Morgan fingerprint density at radius 3 is 2.88 bits per heavy atom. The minimum Gasteiger partial charge on any atom is -0.382 e. The van der Waals surface area contributed by atoms with Crippen molar-refractivity contribution in [3.63, 3.8) is 0 Å². The number of nitrogens with one attached hydrogen (secondary N) is 1. The van der Waals surface area contributed by atoms with Gasteiger partial charge in [-0.15, -0.1) is 0 Å². The van der Waals surface area contributed by atoms with Crippen LogP contribution in [0, 0.1) is 0 Å². The number of likely N-dealkylation sites (tertiary alicyclic amines) is 1. The van der Waals surface area contributed by atoms with E-state index in [9.17, 15) is 4.79 Å². The van der Waals surface area contributed by atoms with Crippen LogP contribution in [0.5, 0.6) is 0 Å². The number of carbonyl (C=O) groups is 1. The molecular weight excluding hydrogens is 316 g/mol. The van der Waals surface area contributed by atoms with E-state index in [0.29, 0.717) is 13.2 Å². The number of ether oxygens (including phenoxy) is 1. The molecule has 1 N–H and O–H groups in total. The van der Waals surface area contributed by atoms with Gasteiger partial charge >= 0.3 is 6.03 Å². The van der Waals surface area contributed by atoms with Gasteiger partial charge < -0.3 is 19.5 Å². The third kappa shape index (κ3) is 4.20. The Morgan fingerprint density at radius 1 is 1.40 bits per heavy atom. The number of rotatable bonds is 5. The molecule has 2 aromatic rings. The van der Waals surface area contributed by atoms with Crippen molar-refractivity contribution < 1.29 is 9.53 Å². The summed E-state index contributed by atoms with van der Waals surface area (Å²) < 4.78 is 7.34. The first kappa shape index (κ1) is 17.5. The molecule has 2 heterocycles. The summed E-state index contributed by atoms with van der Waals surface area (Å²) in [4.78, 5) is 19.1. The zero-order chi connectivity index (χ0) is 17.6. The molecule has 6 heteroatoms. The van der Waals surface area contributed by atoms with Gasteiger partial charge in [0, 0.05) is 45.6 Å². The van der Waals surface area contributed by atoms with Crippen LogP contribution < -0.4 is 5.32 Å². The van der Waals surface area contributed by atoms with E-state index >= 15 is 0 Å². The molecule has 3 rings (SSSR count). The fourth-order valence-corrected chi connectivity index (χ4v) is 3.46. The highest BCUT2D eigenvalue weighted by Crippen LogP contribution is 2.25. The van der Waals surface area contributed by atoms with Crippen LogP contribution in [0.4, 0.5) is 4.79 Å². The number of aromatic nitrogens is 2. The van der Waals surface area contributed by atoms with Crippen LogP contribution in [-0.2, 0) is 11.8 Å². The van der Waals surface area contributed by atoms with Gasteiger partial charge in [-0.1, -0.05) is 30.3 Å². The fourth-order valence-electron chi connectivity index (χ4n) is 3.46. The molecule has 0 radical (unpaired) electrons. The number of carbonyl (C=O) groups excluding carboxylic acids is 1. The number of methoxy groups -OCH3 is 1.